The fourth-order valence-electron chi connectivity index (χ4n) is 3.08. The van der Waals surface area contributed by atoms with Crippen LogP contribution < -0.4 is 5.32 Å². The number of aromatic carboxylic acids is 1. The molecule has 0 spiro atoms. The molecule has 27 heavy (non-hydrogen) atoms. The molecule has 2 N–H and O–H groups in total. The first-order valence-electron chi connectivity index (χ1n) is 8.83. The second-order valence-electron chi connectivity index (χ2n) is 6.29. The van der Waals surface area contributed by atoms with E-state index in [0.29, 0.717) is 10.6 Å². The van der Waals surface area contributed by atoms with Crippen molar-refractivity contribution < 1.29 is 24.2 Å². The third-order valence-electron chi connectivity index (χ3n) is 4.49. The Morgan fingerprint density at radius 3 is 2.78 bits per heavy atom. The Bertz CT molecular complexity index is 886. The summed E-state index contributed by atoms with van der Waals surface area (Å²) in [6.45, 7) is 3.62. The van der Waals surface area contributed by atoms with Gasteiger partial charge >= 0.3 is 11.9 Å². The van der Waals surface area contributed by atoms with E-state index < -0.39 is 18.0 Å². The Labute approximate surface area is 160 Å². The van der Waals surface area contributed by atoms with Gasteiger partial charge in [-0.3, -0.25) is 9.48 Å². The molecular weight excluding hydrogens is 370 g/mol. The summed E-state index contributed by atoms with van der Waals surface area (Å²) in [5.74, 6) is -1.96. The third-order valence-corrected chi connectivity index (χ3v) is 5.70. The Hall–Kier alpha value is -2.68. The van der Waals surface area contributed by atoms with E-state index in [1.807, 2.05) is 0 Å². The van der Waals surface area contributed by atoms with Gasteiger partial charge < -0.3 is 15.2 Å². The van der Waals surface area contributed by atoms with Crippen LogP contribution in [0.3, 0.4) is 0 Å². The van der Waals surface area contributed by atoms with Gasteiger partial charge in [0.1, 0.15) is 11.0 Å². The van der Waals surface area contributed by atoms with Crippen molar-refractivity contribution in [3.63, 3.8) is 0 Å². The highest BCUT2D eigenvalue weighted by Crippen LogP contribution is 2.38. The fraction of sp³-hybridized carbons (Fsp3) is 0.444. The van der Waals surface area contributed by atoms with Crippen molar-refractivity contribution in [3.05, 3.63) is 34.0 Å². The summed E-state index contributed by atoms with van der Waals surface area (Å²) in [6, 6.07) is 0.604. The van der Waals surface area contributed by atoms with E-state index in [9.17, 15) is 14.4 Å². The van der Waals surface area contributed by atoms with Crippen LogP contribution in [0.1, 0.15) is 64.0 Å². The Morgan fingerprint density at radius 1 is 1.37 bits per heavy atom. The van der Waals surface area contributed by atoms with Crippen molar-refractivity contribution in [2.45, 2.75) is 45.6 Å². The highest BCUT2D eigenvalue weighted by molar-refractivity contribution is 7.17. The molecule has 0 saturated carbocycles. The largest absolute Gasteiger partial charge is 0.476 e. The molecule has 1 atom stereocenters. The topological polar surface area (TPSA) is 111 Å². The highest BCUT2D eigenvalue weighted by atomic mass is 32.1. The number of carbonyl (C=O) groups is 3. The van der Waals surface area contributed by atoms with E-state index >= 15 is 0 Å². The number of nitrogens with one attached hydrogen (secondary N) is 1. The molecule has 8 nitrogen and oxygen atoms in total. The van der Waals surface area contributed by atoms with Gasteiger partial charge in [-0.05, 0) is 51.2 Å². The number of ether oxygens (including phenoxy) is 1. The van der Waals surface area contributed by atoms with E-state index in [-0.39, 0.29) is 18.2 Å². The van der Waals surface area contributed by atoms with E-state index in [4.69, 9.17) is 9.84 Å². The number of nitrogens with zero attached hydrogens (tertiary/aromatic N) is 2. The number of fused-ring (bicyclic) bond motifs is 1. The van der Waals surface area contributed by atoms with Gasteiger partial charge in [-0.1, -0.05) is 0 Å². The zero-order valence-electron chi connectivity index (χ0n) is 15.2. The molecule has 9 heteroatoms. The number of rotatable bonds is 6. The van der Waals surface area contributed by atoms with Gasteiger partial charge in [-0.15, -0.1) is 11.3 Å². The summed E-state index contributed by atoms with van der Waals surface area (Å²) in [4.78, 5) is 37.2. The molecule has 0 aromatic carbocycles. The first kappa shape index (κ1) is 19.1. The van der Waals surface area contributed by atoms with Gasteiger partial charge in [0.2, 0.25) is 5.91 Å². The molecule has 0 aliphatic heterocycles. The number of carboxylic acid groups (broad SMARTS) is 1. The van der Waals surface area contributed by atoms with Crippen molar-refractivity contribution in [2.24, 2.45) is 0 Å². The lowest BCUT2D eigenvalue weighted by Crippen LogP contribution is -2.25. The van der Waals surface area contributed by atoms with E-state index in [1.165, 1.54) is 28.3 Å². The monoisotopic (exact) mass is 391 g/mol. The number of aryl methyl sites for hydroxylation is 1. The van der Waals surface area contributed by atoms with Crippen molar-refractivity contribution in [1.82, 2.24) is 9.78 Å². The number of aromatic nitrogens is 2. The van der Waals surface area contributed by atoms with Gasteiger partial charge in [0.05, 0.1) is 12.2 Å². The average molecular weight is 391 g/mol. The number of esters is 1. The van der Waals surface area contributed by atoms with Gasteiger partial charge in [-0.25, -0.2) is 9.59 Å². The second-order valence-corrected chi connectivity index (χ2v) is 7.39. The number of amides is 1. The quantitative estimate of drug-likeness (QED) is 0.733. The van der Waals surface area contributed by atoms with Crippen LogP contribution in [-0.2, 0) is 22.4 Å². The molecule has 0 fully saturated rings. The second kappa shape index (κ2) is 7.91. The molecule has 3 rings (SSSR count). The smallest absolute Gasteiger partial charge is 0.356 e. The molecule has 1 amide bonds. The highest BCUT2D eigenvalue weighted by Gasteiger charge is 2.28. The molecule has 0 saturated heterocycles. The molecule has 144 valence electrons. The van der Waals surface area contributed by atoms with Crippen LogP contribution in [0.4, 0.5) is 5.00 Å². The molecule has 0 bridgehead atoms. The Balaban J connectivity index is 1.85. The summed E-state index contributed by atoms with van der Waals surface area (Å²) >= 11 is 1.41. The number of anilines is 1. The summed E-state index contributed by atoms with van der Waals surface area (Å²) in [7, 11) is 0. The zero-order valence-corrected chi connectivity index (χ0v) is 16.0. The Morgan fingerprint density at radius 2 is 2.11 bits per heavy atom. The fourth-order valence-corrected chi connectivity index (χ4v) is 4.36. The number of carboxylic acids is 1. The normalized spacial score (nSPS) is 14.3. The third kappa shape index (κ3) is 3.87. The van der Waals surface area contributed by atoms with Gasteiger partial charge in [0.25, 0.3) is 0 Å². The lowest BCUT2D eigenvalue weighted by Gasteiger charge is -2.14. The standard InChI is InChI=1S/C18H21N3O5S/c1-3-26-18(25)14-11-6-4-5-7-13(11)27-16(14)19-15(22)10(2)21-9-8-12(20-21)17(23)24/h8-10H,3-7H2,1-2H3,(H,19,22)(H,23,24). The minimum absolute atomic E-state index is 0.131. The van der Waals surface area contributed by atoms with Gasteiger partial charge in [-0.2, -0.15) is 5.10 Å². The van der Waals surface area contributed by atoms with E-state index in [0.717, 1.165) is 36.1 Å². The maximum absolute atomic E-state index is 12.7. The van der Waals surface area contributed by atoms with Crippen molar-refractivity contribution in [3.8, 4) is 0 Å². The van der Waals surface area contributed by atoms with Crippen molar-refractivity contribution >= 4 is 34.2 Å². The van der Waals surface area contributed by atoms with E-state index in [1.54, 1.807) is 13.8 Å². The van der Waals surface area contributed by atoms with Gasteiger partial charge in [0.15, 0.2) is 5.69 Å². The lowest BCUT2D eigenvalue weighted by molar-refractivity contribution is -0.119. The predicted octanol–water partition coefficient (Wildman–Crippen LogP) is 2.90. The SMILES string of the molecule is CCOC(=O)c1c(NC(=O)C(C)n2ccc(C(=O)O)n2)sc2c1CCCC2. The number of hydrogen-bond donors (Lipinski definition) is 2. The molecule has 2 aromatic heterocycles. The molecular formula is C18H21N3O5S. The van der Waals surface area contributed by atoms with Crippen molar-refractivity contribution in [2.75, 3.05) is 11.9 Å². The first-order chi connectivity index (χ1) is 12.9. The van der Waals surface area contributed by atoms with Crippen LogP contribution >= 0.6 is 11.3 Å². The molecule has 2 aromatic rings. The minimum atomic E-state index is -1.16. The minimum Gasteiger partial charge on any atom is -0.476 e. The van der Waals surface area contributed by atoms with Crippen LogP contribution in [0.25, 0.3) is 0 Å². The summed E-state index contributed by atoms with van der Waals surface area (Å²) < 4.78 is 6.47. The van der Waals surface area contributed by atoms with Crippen LogP contribution in [0.5, 0.6) is 0 Å². The maximum Gasteiger partial charge on any atom is 0.356 e. The molecule has 0 radical (unpaired) electrons. The van der Waals surface area contributed by atoms with Crippen LogP contribution in [-0.4, -0.2) is 39.3 Å². The summed E-state index contributed by atoms with van der Waals surface area (Å²) in [5.41, 5.74) is 1.29. The molecule has 1 aliphatic rings. The van der Waals surface area contributed by atoms with Crippen LogP contribution in [0.2, 0.25) is 0 Å². The summed E-state index contributed by atoms with van der Waals surface area (Å²) in [6.07, 6.45) is 5.20. The number of hydrogen-bond acceptors (Lipinski definition) is 6. The molecule has 2 heterocycles. The Kier molecular flexibility index (Phi) is 5.59. The first-order valence-corrected chi connectivity index (χ1v) is 9.65. The predicted molar refractivity (Wildman–Crippen MR) is 99.4 cm³/mol. The van der Waals surface area contributed by atoms with Gasteiger partial charge in [0, 0.05) is 11.1 Å². The number of carbonyl (C=O) groups excluding carboxylic acids is 2. The number of thiophene rings is 1. The maximum atomic E-state index is 12.7. The van der Waals surface area contributed by atoms with Crippen molar-refractivity contribution in [1.29, 1.82) is 0 Å². The average Bonchev–Trinajstić information content (AvgIpc) is 3.26. The zero-order chi connectivity index (χ0) is 19.6. The van der Waals surface area contributed by atoms with Crippen LogP contribution in [0, 0.1) is 0 Å². The van der Waals surface area contributed by atoms with Crippen LogP contribution in [0.15, 0.2) is 12.3 Å². The summed E-state index contributed by atoms with van der Waals surface area (Å²) in [5, 5.41) is 16.2. The molecule has 1 unspecified atom stereocenters. The van der Waals surface area contributed by atoms with E-state index in [2.05, 4.69) is 10.4 Å². The molecule has 1 aliphatic carbocycles. The lowest BCUT2D eigenvalue weighted by atomic mass is 9.95.